The Morgan fingerprint density at radius 2 is 1.81 bits per heavy atom. The van der Waals surface area contributed by atoms with Gasteiger partial charge >= 0.3 is 5.97 Å². The van der Waals surface area contributed by atoms with Crippen LogP contribution in [0, 0.1) is 0 Å². The molecule has 3 aromatic rings. The fraction of sp³-hybridized carbons (Fsp3) is 0.136. The molecule has 0 aromatic heterocycles. The van der Waals surface area contributed by atoms with Gasteiger partial charge in [-0.1, -0.05) is 28.1 Å². The third-order valence-corrected chi connectivity index (χ3v) is 5.39. The molecule has 0 saturated heterocycles. The highest BCUT2D eigenvalue weighted by molar-refractivity contribution is 9.11. The van der Waals surface area contributed by atoms with E-state index < -0.39 is 11.9 Å². The number of methoxy groups -OCH3 is 1. The lowest BCUT2D eigenvalue weighted by Crippen LogP contribution is -2.24. The average Bonchev–Trinajstić information content (AvgIpc) is 2.73. The number of carbonyl (C=O) groups is 2. The Balaban J connectivity index is 1.58. The fourth-order valence-corrected chi connectivity index (χ4v) is 3.70. The Morgan fingerprint density at radius 3 is 2.55 bits per heavy atom. The Kier molecular flexibility index (Phi) is 7.64. The maximum Gasteiger partial charge on any atom is 0.308 e. The van der Waals surface area contributed by atoms with Gasteiger partial charge in [0.25, 0.3) is 5.91 Å². The van der Waals surface area contributed by atoms with E-state index in [1.54, 1.807) is 24.3 Å². The summed E-state index contributed by atoms with van der Waals surface area (Å²) in [6, 6.07) is 14.5. The van der Waals surface area contributed by atoms with Crippen LogP contribution in [0.5, 0.6) is 17.2 Å². The summed E-state index contributed by atoms with van der Waals surface area (Å²) in [5.41, 5.74) is 3.06. The van der Waals surface area contributed by atoms with Crippen LogP contribution in [0.3, 0.4) is 0 Å². The van der Waals surface area contributed by atoms with Crippen LogP contribution in [0.15, 0.2) is 62.6 Å². The summed E-state index contributed by atoms with van der Waals surface area (Å²) in [4.78, 5) is 23.2. The number of ether oxygens (including phenoxy) is 3. The van der Waals surface area contributed by atoms with E-state index in [2.05, 4.69) is 42.4 Å². The first-order valence-electron chi connectivity index (χ1n) is 9.06. The molecular weight excluding hydrogens is 532 g/mol. The number of amides is 1. The van der Waals surface area contributed by atoms with Crippen molar-refractivity contribution in [2.24, 2.45) is 5.10 Å². The van der Waals surface area contributed by atoms with Gasteiger partial charge in [0, 0.05) is 11.4 Å². The Morgan fingerprint density at radius 1 is 1.03 bits per heavy atom. The van der Waals surface area contributed by atoms with Crippen molar-refractivity contribution in [2.45, 2.75) is 6.92 Å². The Bertz CT molecular complexity index is 1160. The van der Waals surface area contributed by atoms with E-state index in [-0.39, 0.29) is 6.61 Å². The van der Waals surface area contributed by atoms with Crippen molar-refractivity contribution >= 4 is 60.7 Å². The number of nitrogens with zero attached hydrogens (tertiary/aromatic N) is 1. The standard InChI is InChI=1S/C22H18Br2N2O5/c1-13(27)31-18-7-3-14(9-20(18)29-2)11-25-26-21(28)12-30-19-8-4-15-10-16(23)5-6-17(15)22(19)24/h3-11H,12H2,1-2H3,(H,26,28)/b25-11+. The molecule has 0 radical (unpaired) electrons. The van der Waals surface area contributed by atoms with Gasteiger partial charge in [-0.3, -0.25) is 9.59 Å². The molecule has 0 saturated carbocycles. The highest BCUT2D eigenvalue weighted by atomic mass is 79.9. The highest BCUT2D eigenvalue weighted by Crippen LogP contribution is 2.34. The van der Waals surface area contributed by atoms with Crippen molar-refractivity contribution in [2.75, 3.05) is 13.7 Å². The van der Waals surface area contributed by atoms with E-state index >= 15 is 0 Å². The lowest BCUT2D eigenvalue weighted by atomic mass is 10.1. The van der Waals surface area contributed by atoms with Crippen molar-refractivity contribution in [1.29, 1.82) is 0 Å². The van der Waals surface area contributed by atoms with Crippen molar-refractivity contribution in [3.8, 4) is 17.2 Å². The maximum absolute atomic E-state index is 12.1. The summed E-state index contributed by atoms with van der Waals surface area (Å²) in [5, 5.41) is 5.93. The Labute approximate surface area is 195 Å². The minimum absolute atomic E-state index is 0.202. The van der Waals surface area contributed by atoms with Crippen LogP contribution in [0.4, 0.5) is 0 Å². The molecule has 0 heterocycles. The van der Waals surface area contributed by atoms with Gasteiger partial charge < -0.3 is 14.2 Å². The molecule has 31 heavy (non-hydrogen) atoms. The lowest BCUT2D eigenvalue weighted by molar-refractivity contribution is -0.132. The molecular formula is C22H18Br2N2O5. The van der Waals surface area contributed by atoms with Crippen molar-refractivity contribution in [3.63, 3.8) is 0 Å². The highest BCUT2D eigenvalue weighted by Gasteiger charge is 2.10. The van der Waals surface area contributed by atoms with Gasteiger partial charge in [0.1, 0.15) is 5.75 Å². The van der Waals surface area contributed by atoms with E-state index in [0.29, 0.717) is 22.8 Å². The van der Waals surface area contributed by atoms with E-state index in [0.717, 1.165) is 19.7 Å². The van der Waals surface area contributed by atoms with Crippen LogP contribution in [0.1, 0.15) is 12.5 Å². The molecule has 7 nitrogen and oxygen atoms in total. The van der Waals surface area contributed by atoms with Crippen molar-refractivity contribution in [3.05, 3.63) is 63.0 Å². The van der Waals surface area contributed by atoms with E-state index in [1.807, 2.05) is 24.3 Å². The molecule has 0 aliphatic rings. The summed E-state index contributed by atoms with van der Waals surface area (Å²) in [6.45, 7) is 1.11. The van der Waals surface area contributed by atoms with Crippen LogP contribution in [0.25, 0.3) is 10.8 Å². The monoisotopic (exact) mass is 548 g/mol. The molecule has 9 heteroatoms. The largest absolute Gasteiger partial charge is 0.493 e. The smallest absolute Gasteiger partial charge is 0.308 e. The van der Waals surface area contributed by atoms with E-state index in [4.69, 9.17) is 14.2 Å². The first-order valence-corrected chi connectivity index (χ1v) is 10.6. The first kappa shape index (κ1) is 22.8. The van der Waals surface area contributed by atoms with Gasteiger partial charge in [0.2, 0.25) is 0 Å². The second-order valence-electron chi connectivity index (χ2n) is 6.33. The van der Waals surface area contributed by atoms with Gasteiger partial charge in [-0.15, -0.1) is 0 Å². The fourth-order valence-electron chi connectivity index (χ4n) is 2.71. The van der Waals surface area contributed by atoms with Crippen LogP contribution >= 0.6 is 31.9 Å². The zero-order chi connectivity index (χ0) is 22.4. The molecule has 0 aliphatic carbocycles. The lowest BCUT2D eigenvalue weighted by Gasteiger charge is -2.10. The molecule has 1 N–H and O–H groups in total. The zero-order valence-corrected chi connectivity index (χ0v) is 19.8. The molecule has 1 amide bonds. The quantitative estimate of drug-likeness (QED) is 0.197. The predicted octanol–water partition coefficient (Wildman–Crippen LogP) is 4.83. The molecule has 160 valence electrons. The van der Waals surface area contributed by atoms with Gasteiger partial charge in [-0.2, -0.15) is 5.10 Å². The van der Waals surface area contributed by atoms with Crippen LogP contribution in [-0.4, -0.2) is 31.8 Å². The van der Waals surface area contributed by atoms with Gasteiger partial charge in [-0.05, 0) is 68.7 Å². The maximum atomic E-state index is 12.1. The predicted molar refractivity (Wildman–Crippen MR) is 125 cm³/mol. The van der Waals surface area contributed by atoms with Crippen molar-refractivity contribution < 1.29 is 23.8 Å². The molecule has 3 rings (SSSR count). The van der Waals surface area contributed by atoms with Crippen LogP contribution < -0.4 is 19.6 Å². The normalized spacial score (nSPS) is 10.8. The third kappa shape index (κ3) is 6.05. The SMILES string of the molecule is COc1cc(/C=N/NC(=O)COc2ccc3cc(Br)ccc3c2Br)ccc1OC(C)=O. The number of carbonyl (C=O) groups excluding carboxylic acids is 2. The second-order valence-corrected chi connectivity index (χ2v) is 8.04. The first-order chi connectivity index (χ1) is 14.9. The van der Waals surface area contributed by atoms with Crippen molar-refractivity contribution in [1.82, 2.24) is 5.43 Å². The average molecular weight is 550 g/mol. The topological polar surface area (TPSA) is 86.2 Å². The molecule has 0 bridgehead atoms. The molecule has 0 atom stereocenters. The number of halogens is 2. The number of hydrogen-bond donors (Lipinski definition) is 1. The summed E-state index contributed by atoms with van der Waals surface area (Å²) in [6.07, 6.45) is 1.45. The Hall–Kier alpha value is -2.91. The van der Waals surface area contributed by atoms with Crippen LogP contribution in [-0.2, 0) is 9.59 Å². The summed E-state index contributed by atoms with van der Waals surface area (Å²) >= 11 is 6.98. The third-order valence-electron chi connectivity index (χ3n) is 4.08. The summed E-state index contributed by atoms with van der Waals surface area (Å²) < 4.78 is 17.6. The van der Waals surface area contributed by atoms with Gasteiger partial charge in [0.15, 0.2) is 18.1 Å². The number of fused-ring (bicyclic) bond motifs is 1. The minimum Gasteiger partial charge on any atom is -0.493 e. The van der Waals surface area contributed by atoms with E-state index in [9.17, 15) is 9.59 Å². The molecule has 0 spiro atoms. The number of nitrogens with one attached hydrogen (secondary N) is 1. The van der Waals surface area contributed by atoms with Gasteiger partial charge in [-0.25, -0.2) is 5.43 Å². The molecule has 0 aliphatic heterocycles. The zero-order valence-electron chi connectivity index (χ0n) is 16.6. The minimum atomic E-state index is -0.446. The second kappa shape index (κ2) is 10.4. The number of hydrazone groups is 1. The molecule has 0 fully saturated rings. The number of rotatable bonds is 7. The van der Waals surface area contributed by atoms with Crippen LogP contribution in [0.2, 0.25) is 0 Å². The summed E-state index contributed by atoms with van der Waals surface area (Å²) in [7, 11) is 1.46. The van der Waals surface area contributed by atoms with E-state index in [1.165, 1.54) is 20.2 Å². The molecule has 0 unspecified atom stereocenters. The number of benzene rings is 3. The van der Waals surface area contributed by atoms with Gasteiger partial charge in [0.05, 0.1) is 17.8 Å². The number of esters is 1. The number of hydrogen-bond acceptors (Lipinski definition) is 6. The summed E-state index contributed by atoms with van der Waals surface area (Å²) in [5.74, 6) is 0.375. The molecule has 3 aromatic carbocycles.